The van der Waals surface area contributed by atoms with E-state index in [9.17, 15) is 9.59 Å². The molecular formula is C22H25Cl5N4O2S. The summed E-state index contributed by atoms with van der Waals surface area (Å²) >= 11 is 35.9. The maximum atomic E-state index is 13.0. The summed E-state index contributed by atoms with van der Waals surface area (Å²) in [5, 5.41) is 6.22. The number of amides is 1. The Labute approximate surface area is 228 Å². The van der Waals surface area contributed by atoms with Gasteiger partial charge in [-0.05, 0) is 48.0 Å². The number of carbonyl (C=O) groups is 1. The summed E-state index contributed by atoms with van der Waals surface area (Å²) in [7, 11) is 0. The fourth-order valence-corrected chi connectivity index (χ4v) is 6.20. The van der Waals surface area contributed by atoms with Crippen LogP contribution in [-0.2, 0) is 11.3 Å². The molecule has 186 valence electrons. The van der Waals surface area contributed by atoms with Gasteiger partial charge in [0.2, 0.25) is 9.70 Å². The Hall–Kier alpha value is -0.700. The molecule has 2 N–H and O–H groups in total. The summed E-state index contributed by atoms with van der Waals surface area (Å²) < 4.78 is 0.122. The standard InChI is InChI=1S/C22H25Cl5N4O2S/c1-21(2)13(7-15(23)24)17(21)18(33)28-19(22(25,26)27)29-20(34)30-8-11-6-12(10-30)14-4-3-5-16(32)31(14)9-11/h3-5,7,11-13,17,19H,6,8-10H2,1-2H3,(H,28,33)(H,29,34)/t11-,12-,13+,17+,19-/m1/s1. The third-order valence-electron chi connectivity index (χ3n) is 7.15. The van der Waals surface area contributed by atoms with Crippen molar-refractivity contribution in [1.82, 2.24) is 20.1 Å². The SMILES string of the molecule is CC1(C)[C@H](C(=O)N[C@H](NC(=S)N2C[C@H]3C[C@H](C2)c2cccc(=O)n2C3)C(Cl)(Cl)Cl)[C@@H]1C=C(Cl)Cl. The first-order valence-electron chi connectivity index (χ1n) is 10.9. The van der Waals surface area contributed by atoms with E-state index < -0.39 is 9.96 Å². The number of rotatable bonds is 4. The monoisotopic (exact) mass is 584 g/mol. The quantitative estimate of drug-likeness (QED) is 0.308. The molecule has 1 saturated heterocycles. The average Bonchev–Trinajstić information content (AvgIpc) is 3.26. The Morgan fingerprint density at radius 2 is 1.91 bits per heavy atom. The summed E-state index contributed by atoms with van der Waals surface area (Å²) in [4.78, 5) is 27.3. The molecule has 6 nitrogen and oxygen atoms in total. The minimum atomic E-state index is -1.85. The molecule has 2 bridgehead atoms. The maximum Gasteiger partial charge on any atom is 0.250 e. The molecular weight excluding hydrogens is 562 g/mol. The lowest BCUT2D eigenvalue weighted by Gasteiger charge is -2.44. The summed E-state index contributed by atoms with van der Waals surface area (Å²) in [6, 6.07) is 5.37. The molecule has 0 unspecified atom stereocenters. The Morgan fingerprint density at radius 3 is 2.56 bits per heavy atom. The summed E-state index contributed by atoms with van der Waals surface area (Å²) in [5.74, 6) is -0.329. The highest BCUT2D eigenvalue weighted by Crippen LogP contribution is 2.59. The van der Waals surface area contributed by atoms with Crippen LogP contribution in [0, 0.1) is 23.2 Å². The van der Waals surface area contributed by atoms with E-state index in [4.69, 9.17) is 70.2 Å². The topological polar surface area (TPSA) is 66.4 Å². The van der Waals surface area contributed by atoms with Crippen LogP contribution in [0.2, 0.25) is 0 Å². The number of hydrogen-bond acceptors (Lipinski definition) is 3. The van der Waals surface area contributed by atoms with E-state index in [1.165, 1.54) is 0 Å². The van der Waals surface area contributed by atoms with Crippen LogP contribution in [0.3, 0.4) is 0 Å². The van der Waals surface area contributed by atoms with Gasteiger partial charge in [-0.1, -0.05) is 77.9 Å². The van der Waals surface area contributed by atoms with E-state index in [1.807, 2.05) is 29.4 Å². The minimum Gasteiger partial charge on any atom is -0.348 e. The van der Waals surface area contributed by atoms with Crippen molar-refractivity contribution in [3.05, 3.63) is 44.8 Å². The Balaban J connectivity index is 1.45. The highest BCUT2D eigenvalue weighted by Gasteiger charge is 2.61. The smallest absolute Gasteiger partial charge is 0.250 e. The maximum absolute atomic E-state index is 13.0. The number of piperidine rings is 1. The van der Waals surface area contributed by atoms with Gasteiger partial charge in [0, 0.05) is 37.3 Å². The van der Waals surface area contributed by atoms with Crippen molar-refractivity contribution < 1.29 is 4.79 Å². The van der Waals surface area contributed by atoms with Gasteiger partial charge in [0.05, 0.1) is 5.92 Å². The van der Waals surface area contributed by atoms with Crippen LogP contribution in [0.1, 0.15) is 31.9 Å². The number of aromatic nitrogens is 1. The van der Waals surface area contributed by atoms with Crippen LogP contribution in [0.4, 0.5) is 0 Å². The van der Waals surface area contributed by atoms with E-state index in [2.05, 4.69) is 10.6 Å². The number of nitrogens with zero attached hydrogens (tertiary/aromatic N) is 2. The van der Waals surface area contributed by atoms with Gasteiger partial charge in [-0.15, -0.1) is 0 Å². The first-order valence-corrected chi connectivity index (χ1v) is 13.2. The van der Waals surface area contributed by atoms with Gasteiger partial charge in [-0.3, -0.25) is 9.59 Å². The van der Waals surface area contributed by atoms with Gasteiger partial charge in [0.15, 0.2) is 5.11 Å². The van der Waals surface area contributed by atoms with Crippen molar-refractivity contribution >= 4 is 81.2 Å². The third kappa shape index (κ3) is 5.35. The fraction of sp³-hybridized carbons (Fsp3) is 0.591. The normalized spacial score (nSPS) is 27.8. The molecule has 1 aromatic heterocycles. The molecule has 34 heavy (non-hydrogen) atoms. The number of carbonyl (C=O) groups excluding carboxylic acids is 1. The molecule has 0 radical (unpaired) electrons. The number of thiocarbonyl (C=S) groups is 1. The molecule has 1 aromatic rings. The van der Waals surface area contributed by atoms with Crippen molar-refractivity contribution in [1.29, 1.82) is 0 Å². The van der Waals surface area contributed by atoms with Crippen molar-refractivity contribution in [2.24, 2.45) is 23.2 Å². The van der Waals surface area contributed by atoms with E-state index >= 15 is 0 Å². The van der Waals surface area contributed by atoms with Gasteiger partial charge < -0.3 is 20.1 Å². The average molecular weight is 587 g/mol. The predicted octanol–water partition coefficient (Wildman–Crippen LogP) is 4.55. The Morgan fingerprint density at radius 1 is 1.21 bits per heavy atom. The van der Waals surface area contributed by atoms with Crippen LogP contribution in [0.15, 0.2) is 33.6 Å². The van der Waals surface area contributed by atoms with E-state index in [-0.39, 0.29) is 45.0 Å². The first kappa shape index (κ1) is 26.4. The number of halogens is 5. The molecule has 5 atom stereocenters. The first-order chi connectivity index (χ1) is 15.8. The van der Waals surface area contributed by atoms with Crippen LogP contribution in [0.5, 0.6) is 0 Å². The Bertz CT molecular complexity index is 1080. The fourth-order valence-electron chi connectivity index (χ4n) is 5.33. The third-order valence-corrected chi connectivity index (χ3v) is 8.43. The minimum absolute atomic E-state index is 0.0203. The van der Waals surface area contributed by atoms with Crippen LogP contribution in [0.25, 0.3) is 0 Å². The molecule has 1 aliphatic carbocycles. The number of alkyl halides is 3. The zero-order valence-corrected chi connectivity index (χ0v) is 23.1. The lowest BCUT2D eigenvalue weighted by Crippen LogP contribution is -2.60. The second-order valence-electron chi connectivity index (χ2n) is 9.82. The molecule has 3 heterocycles. The van der Waals surface area contributed by atoms with Gasteiger partial charge in [-0.2, -0.15) is 0 Å². The summed E-state index contributed by atoms with van der Waals surface area (Å²) in [6.07, 6.45) is 1.61. The molecule has 1 saturated carbocycles. The van der Waals surface area contributed by atoms with Crippen molar-refractivity contribution in [3.63, 3.8) is 0 Å². The number of allylic oxidation sites excluding steroid dienone is 1. The summed E-state index contributed by atoms with van der Waals surface area (Å²) in [5.41, 5.74) is 0.704. The second kappa shape index (κ2) is 9.64. The molecule has 0 aromatic carbocycles. The van der Waals surface area contributed by atoms with Crippen LogP contribution >= 0.6 is 70.2 Å². The molecule has 3 aliphatic rings. The van der Waals surface area contributed by atoms with Crippen molar-refractivity contribution in [3.8, 4) is 0 Å². The van der Waals surface area contributed by atoms with E-state index in [0.717, 1.165) is 12.1 Å². The van der Waals surface area contributed by atoms with Gasteiger partial charge >= 0.3 is 0 Å². The molecule has 4 rings (SSSR count). The molecule has 2 aliphatic heterocycles. The van der Waals surface area contributed by atoms with Gasteiger partial charge in [0.25, 0.3) is 5.56 Å². The van der Waals surface area contributed by atoms with Crippen LogP contribution < -0.4 is 16.2 Å². The van der Waals surface area contributed by atoms with E-state index in [0.29, 0.717) is 24.7 Å². The largest absolute Gasteiger partial charge is 0.348 e. The molecule has 1 amide bonds. The van der Waals surface area contributed by atoms with Gasteiger partial charge in [-0.25, -0.2) is 0 Å². The Kier molecular flexibility index (Phi) is 7.47. The lowest BCUT2D eigenvalue weighted by atomic mass is 9.83. The number of pyridine rings is 1. The lowest BCUT2D eigenvalue weighted by molar-refractivity contribution is -0.123. The van der Waals surface area contributed by atoms with Crippen molar-refractivity contribution in [2.45, 2.75) is 42.7 Å². The zero-order valence-electron chi connectivity index (χ0n) is 18.5. The highest BCUT2D eigenvalue weighted by atomic mass is 35.6. The zero-order chi connectivity index (χ0) is 25.0. The number of fused-ring (bicyclic) bond motifs is 4. The second-order valence-corrected chi connectivity index (χ2v) is 13.6. The predicted molar refractivity (Wildman–Crippen MR) is 142 cm³/mol. The van der Waals surface area contributed by atoms with E-state index in [1.54, 1.807) is 18.2 Å². The van der Waals surface area contributed by atoms with Gasteiger partial charge in [0.1, 0.15) is 10.7 Å². The number of hydrogen-bond donors (Lipinski definition) is 2. The highest BCUT2D eigenvalue weighted by molar-refractivity contribution is 7.80. The number of likely N-dealkylation sites (tertiary alicyclic amines) is 1. The molecule has 12 heteroatoms. The molecule has 2 fully saturated rings. The summed E-state index contributed by atoms with van der Waals surface area (Å²) in [6.45, 7) is 5.84. The van der Waals surface area contributed by atoms with Crippen LogP contribution in [-0.4, -0.2) is 43.5 Å². The van der Waals surface area contributed by atoms with Crippen molar-refractivity contribution in [2.75, 3.05) is 13.1 Å². The molecule has 0 spiro atoms. The number of nitrogens with one attached hydrogen (secondary N) is 2.